The largest absolute Gasteiger partial charge is 0.497 e. The normalized spacial score (nSPS) is 33.5. The Bertz CT molecular complexity index is 708. The van der Waals surface area contributed by atoms with Gasteiger partial charge in [0.15, 0.2) is 0 Å². The minimum Gasteiger partial charge on any atom is -0.497 e. The second kappa shape index (κ2) is 6.24. The maximum absolute atomic E-state index is 13.6. The summed E-state index contributed by atoms with van der Waals surface area (Å²) in [7, 11) is 1.70. The summed E-state index contributed by atoms with van der Waals surface area (Å²) >= 11 is 0. The van der Waals surface area contributed by atoms with Crippen molar-refractivity contribution in [1.82, 2.24) is 4.90 Å². The van der Waals surface area contributed by atoms with Crippen molar-refractivity contribution in [2.24, 2.45) is 5.92 Å². The van der Waals surface area contributed by atoms with Gasteiger partial charge in [-0.2, -0.15) is 0 Å². The summed E-state index contributed by atoms with van der Waals surface area (Å²) in [6.45, 7) is 2.01. The number of methoxy groups -OCH3 is 1. The molecule has 1 amide bonds. The monoisotopic (exact) mass is 357 g/mol. The molecule has 5 heteroatoms. The lowest BCUT2D eigenvalue weighted by Crippen LogP contribution is -2.59. The van der Waals surface area contributed by atoms with Gasteiger partial charge in [0.1, 0.15) is 17.5 Å². The van der Waals surface area contributed by atoms with Gasteiger partial charge < -0.3 is 19.1 Å². The second-order valence-electron chi connectivity index (χ2n) is 8.08. The Morgan fingerprint density at radius 3 is 2.88 bits per heavy atom. The Kier molecular flexibility index (Phi) is 3.98. The Balaban J connectivity index is 1.44. The van der Waals surface area contributed by atoms with Crippen molar-refractivity contribution in [3.05, 3.63) is 29.3 Å². The standard InChI is InChI=1S/C21H27NO4/c1-24-16-6-7-17-14(13-16)3-8-18-19(17)25-12-10-22(18)20(23)21(15-4-5-15)9-2-11-26-21/h6-7,13,15,18-19H,2-5,8-12H2,1H3. The predicted octanol–water partition coefficient (Wildman–Crippen LogP) is 2.87. The van der Waals surface area contributed by atoms with Gasteiger partial charge in [-0.25, -0.2) is 0 Å². The van der Waals surface area contributed by atoms with Gasteiger partial charge in [-0.3, -0.25) is 4.79 Å². The van der Waals surface area contributed by atoms with E-state index < -0.39 is 5.60 Å². The first kappa shape index (κ1) is 16.6. The molecule has 0 spiro atoms. The van der Waals surface area contributed by atoms with Crippen LogP contribution in [-0.4, -0.2) is 49.3 Å². The summed E-state index contributed by atoms with van der Waals surface area (Å²) < 4.78 is 17.6. The van der Waals surface area contributed by atoms with E-state index in [9.17, 15) is 4.79 Å². The summed E-state index contributed by atoms with van der Waals surface area (Å²) in [6.07, 6.45) is 6.03. The molecule has 1 aromatic rings. The van der Waals surface area contributed by atoms with Gasteiger partial charge in [-0.1, -0.05) is 6.07 Å². The first-order valence-electron chi connectivity index (χ1n) is 9.96. The molecule has 3 fully saturated rings. The van der Waals surface area contributed by atoms with Crippen LogP contribution in [0.15, 0.2) is 18.2 Å². The van der Waals surface area contributed by atoms with E-state index in [1.807, 2.05) is 6.07 Å². The zero-order chi connectivity index (χ0) is 17.7. The lowest BCUT2D eigenvalue weighted by molar-refractivity contribution is -0.171. The number of nitrogens with zero attached hydrogens (tertiary/aromatic N) is 1. The molecule has 0 aromatic heterocycles. The van der Waals surface area contributed by atoms with Crippen LogP contribution in [0.5, 0.6) is 5.75 Å². The van der Waals surface area contributed by atoms with Gasteiger partial charge in [0.25, 0.3) is 5.91 Å². The quantitative estimate of drug-likeness (QED) is 0.835. The first-order valence-corrected chi connectivity index (χ1v) is 9.96. The van der Waals surface area contributed by atoms with Crippen LogP contribution < -0.4 is 4.74 Å². The SMILES string of the molecule is COc1ccc2c(c1)CCC1C2OCCN1C(=O)C1(C2CC2)CCCO1. The molecule has 4 aliphatic rings. The highest BCUT2D eigenvalue weighted by atomic mass is 16.5. The van der Waals surface area contributed by atoms with Crippen LogP contribution in [0.25, 0.3) is 0 Å². The number of carbonyl (C=O) groups is 1. The van der Waals surface area contributed by atoms with Crippen LogP contribution in [0.4, 0.5) is 0 Å². The second-order valence-corrected chi connectivity index (χ2v) is 8.08. The molecule has 2 aliphatic heterocycles. The zero-order valence-corrected chi connectivity index (χ0v) is 15.4. The summed E-state index contributed by atoms with van der Waals surface area (Å²) in [5.41, 5.74) is 1.96. The van der Waals surface area contributed by atoms with Crippen LogP contribution >= 0.6 is 0 Å². The Morgan fingerprint density at radius 2 is 2.15 bits per heavy atom. The summed E-state index contributed by atoms with van der Waals surface area (Å²) in [6, 6.07) is 6.34. The van der Waals surface area contributed by atoms with E-state index in [0.717, 1.165) is 50.9 Å². The number of benzene rings is 1. The highest BCUT2D eigenvalue weighted by Crippen LogP contribution is 2.49. The van der Waals surface area contributed by atoms with Crippen LogP contribution in [-0.2, 0) is 20.7 Å². The molecule has 1 saturated carbocycles. The fourth-order valence-electron chi connectivity index (χ4n) is 5.20. The molecular formula is C21H27NO4. The third-order valence-electron chi connectivity index (χ3n) is 6.66. The van der Waals surface area contributed by atoms with Gasteiger partial charge in [0.05, 0.1) is 19.8 Å². The molecule has 2 saturated heterocycles. The number of ether oxygens (including phenoxy) is 3. The van der Waals surface area contributed by atoms with Crippen LogP contribution in [0.3, 0.4) is 0 Å². The molecule has 3 atom stereocenters. The lowest BCUT2D eigenvalue weighted by atomic mass is 9.82. The Labute approximate surface area is 154 Å². The van der Waals surface area contributed by atoms with Crippen LogP contribution in [0, 0.1) is 5.92 Å². The van der Waals surface area contributed by atoms with E-state index in [1.54, 1.807) is 7.11 Å². The third-order valence-corrected chi connectivity index (χ3v) is 6.66. The molecule has 140 valence electrons. The first-order chi connectivity index (χ1) is 12.7. The molecule has 3 unspecified atom stereocenters. The van der Waals surface area contributed by atoms with E-state index in [4.69, 9.17) is 14.2 Å². The zero-order valence-electron chi connectivity index (χ0n) is 15.4. The molecular weight excluding hydrogens is 330 g/mol. The minimum atomic E-state index is -0.540. The average Bonchev–Trinajstić information content (AvgIpc) is 3.44. The van der Waals surface area contributed by atoms with Gasteiger partial charge >= 0.3 is 0 Å². The number of rotatable bonds is 3. The van der Waals surface area contributed by atoms with E-state index in [0.29, 0.717) is 19.1 Å². The molecule has 1 aromatic carbocycles. The molecule has 2 aliphatic carbocycles. The van der Waals surface area contributed by atoms with Gasteiger partial charge in [-0.15, -0.1) is 0 Å². The van der Waals surface area contributed by atoms with Crippen molar-refractivity contribution in [1.29, 1.82) is 0 Å². The van der Waals surface area contributed by atoms with Crippen molar-refractivity contribution in [3.63, 3.8) is 0 Å². The maximum Gasteiger partial charge on any atom is 0.255 e. The molecule has 5 nitrogen and oxygen atoms in total. The maximum atomic E-state index is 13.6. The summed E-state index contributed by atoms with van der Waals surface area (Å²) in [5, 5.41) is 0. The number of fused-ring (bicyclic) bond motifs is 3. The number of aryl methyl sites for hydroxylation is 1. The highest BCUT2D eigenvalue weighted by Gasteiger charge is 2.57. The van der Waals surface area contributed by atoms with Crippen molar-refractivity contribution < 1.29 is 19.0 Å². The van der Waals surface area contributed by atoms with Crippen molar-refractivity contribution in [3.8, 4) is 5.75 Å². The lowest BCUT2D eigenvalue weighted by Gasteiger charge is -2.47. The molecule has 26 heavy (non-hydrogen) atoms. The average molecular weight is 357 g/mol. The Hall–Kier alpha value is -1.59. The van der Waals surface area contributed by atoms with Gasteiger partial charge in [-0.05, 0) is 67.7 Å². The van der Waals surface area contributed by atoms with Crippen LogP contribution in [0.1, 0.15) is 49.3 Å². The number of carbonyl (C=O) groups excluding carboxylic acids is 1. The van der Waals surface area contributed by atoms with Gasteiger partial charge in [0, 0.05) is 13.2 Å². The van der Waals surface area contributed by atoms with E-state index >= 15 is 0 Å². The fraction of sp³-hybridized carbons (Fsp3) is 0.667. The summed E-state index contributed by atoms with van der Waals surface area (Å²) in [5.74, 6) is 1.55. The minimum absolute atomic E-state index is 0.0278. The van der Waals surface area contributed by atoms with Crippen molar-refractivity contribution >= 4 is 5.91 Å². The molecule has 0 bridgehead atoms. The van der Waals surface area contributed by atoms with E-state index in [-0.39, 0.29) is 18.1 Å². The highest BCUT2D eigenvalue weighted by molar-refractivity contribution is 5.87. The van der Waals surface area contributed by atoms with Crippen molar-refractivity contribution in [2.75, 3.05) is 26.9 Å². The fourth-order valence-corrected chi connectivity index (χ4v) is 5.20. The molecule has 0 N–H and O–H groups in total. The topological polar surface area (TPSA) is 48.0 Å². The number of amides is 1. The van der Waals surface area contributed by atoms with E-state index in [1.165, 1.54) is 11.1 Å². The molecule has 5 rings (SSSR count). The Morgan fingerprint density at radius 1 is 1.27 bits per heavy atom. The summed E-state index contributed by atoms with van der Waals surface area (Å²) in [4.78, 5) is 15.7. The smallest absolute Gasteiger partial charge is 0.255 e. The number of hydrogen-bond donors (Lipinski definition) is 0. The van der Waals surface area contributed by atoms with E-state index in [2.05, 4.69) is 17.0 Å². The van der Waals surface area contributed by atoms with Gasteiger partial charge in [0.2, 0.25) is 0 Å². The van der Waals surface area contributed by atoms with Crippen molar-refractivity contribution in [2.45, 2.75) is 56.3 Å². The molecule has 0 radical (unpaired) electrons. The predicted molar refractivity (Wildman–Crippen MR) is 96.2 cm³/mol. The molecule has 2 heterocycles. The number of hydrogen-bond acceptors (Lipinski definition) is 4. The third kappa shape index (κ3) is 2.48. The van der Waals surface area contributed by atoms with Crippen LogP contribution in [0.2, 0.25) is 0 Å². The number of morpholine rings is 1.